The number of nitrogens with one attached hydrogen (secondary N) is 2. The average Bonchev–Trinajstić information content (AvgIpc) is 3.57. The summed E-state index contributed by atoms with van der Waals surface area (Å²) in [5, 5.41) is 40.0. The molecule has 4 rings (SSSR count). The number of fused-ring (bicyclic) bond motifs is 1. The number of nitriles is 1. The van der Waals surface area contributed by atoms with Gasteiger partial charge in [-0.2, -0.15) is 5.26 Å². The summed E-state index contributed by atoms with van der Waals surface area (Å²) in [7, 11) is 0. The summed E-state index contributed by atoms with van der Waals surface area (Å²) in [5.41, 5.74) is 0.0736. The number of tetrazole rings is 1. The Kier molecular flexibility index (Phi) is 8.90. The van der Waals surface area contributed by atoms with E-state index in [0.717, 1.165) is 16.2 Å². The number of carbonyl (C=O) groups is 4. The van der Waals surface area contributed by atoms with Gasteiger partial charge in [0.25, 0.3) is 11.8 Å². The van der Waals surface area contributed by atoms with Crippen molar-refractivity contribution in [3.8, 4) is 6.07 Å². The van der Waals surface area contributed by atoms with Gasteiger partial charge in [0.15, 0.2) is 10.8 Å². The fourth-order valence-electron chi connectivity index (χ4n) is 3.52. The molecular weight excluding hydrogens is 572 g/mol. The first-order chi connectivity index (χ1) is 18.9. The Bertz CT molecular complexity index is 1410. The Hall–Kier alpha value is -4.28. The van der Waals surface area contributed by atoms with Gasteiger partial charge in [0.05, 0.1) is 6.54 Å². The summed E-state index contributed by atoms with van der Waals surface area (Å²) >= 11 is 3.54. The van der Waals surface area contributed by atoms with Gasteiger partial charge in [0, 0.05) is 16.9 Å². The van der Waals surface area contributed by atoms with Crippen molar-refractivity contribution in [3.63, 3.8) is 0 Å². The number of β-lactam (4-membered cyclic amide) rings is 1. The summed E-state index contributed by atoms with van der Waals surface area (Å²) < 4.78 is 1.51. The van der Waals surface area contributed by atoms with Gasteiger partial charge in [-0.1, -0.05) is 23.0 Å². The summed E-state index contributed by atoms with van der Waals surface area (Å²) in [6, 6.07) is 0.671. The highest BCUT2D eigenvalue weighted by Gasteiger charge is 2.54. The second-order valence-corrected chi connectivity index (χ2v) is 10.4. The monoisotopic (exact) mass is 590 g/mol. The molecule has 1 unspecified atom stereocenters. The van der Waals surface area contributed by atoms with Crippen LogP contribution in [-0.4, -0.2) is 94.6 Å². The highest BCUT2D eigenvalue weighted by atomic mass is 32.2. The number of carbonyl (C=O) groups excluding carboxylic acids is 3. The number of hydrogen-bond acceptors (Lipinski definition) is 14. The van der Waals surface area contributed by atoms with E-state index in [1.54, 1.807) is 12.1 Å². The van der Waals surface area contributed by atoms with E-state index in [2.05, 4.69) is 42.9 Å². The van der Waals surface area contributed by atoms with Gasteiger partial charge in [0.2, 0.25) is 18.2 Å². The molecule has 0 radical (unpaired) electrons. The highest BCUT2D eigenvalue weighted by molar-refractivity contribution is 8.01. The molecule has 0 spiro atoms. The minimum atomic E-state index is -1.27. The van der Waals surface area contributed by atoms with Gasteiger partial charge in [0.1, 0.15) is 28.9 Å². The number of allylic oxidation sites excluding steroid dienone is 1. The van der Waals surface area contributed by atoms with Crippen LogP contribution in [0.15, 0.2) is 39.6 Å². The first kappa shape index (κ1) is 27.7. The van der Waals surface area contributed by atoms with E-state index >= 15 is 0 Å². The SMILES string of the molecule is C=CCn1nnnc1SCC1=C(C(=O)O)N2C(=O)C(NC(=O)C(=NOCC#N)c3csc(NC=O)n3)[C@@H]2SC1. The molecule has 3 N–H and O–H groups in total. The number of aromatic nitrogens is 5. The number of aliphatic carboxylic acids is 1. The molecule has 0 bridgehead atoms. The van der Waals surface area contributed by atoms with Crippen molar-refractivity contribution in [2.75, 3.05) is 23.4 Å². The number of carboxylic acid groups (broad SMARTS) is 1. The zero-order valence-corrected chi connectivity index (χ0v) is 22.2. The number of hydrogen-bond donors (Lipinski definition) is 3. The molecule has 19 heteroatoms. The minimum absolute atomic E-state index is 0.0453. The maximum absolute atomic E-state index is 13.1. The number of carboxylic acids is 1. The molecule has 2 aliphatic rings. The summed E-state index contributed by atoms with van der Waals surface area (Å²) in [6.45, 7) is 3.58. The molecule has 3 amide bonds. The predicted octanol–water partition coefficient (Wildman–Crippen LogP) is -0.341. The van der Waals surface area contributed by atoms with Crippen LogP contribution >= 0.6 is 34.9 Å². The van der Waals surface area contributed by atoms with Crippen LogP contribution < -0.4 is 10.6 Å². The molecule has 2 atom stereocenters. The van der Waals surface area contributed by atoms with Crippen LogP contribution in [0.5, 0.6) is 0 Å². The van der Waals surface area contributed by atoms with E-state index in [9.17, 15) is 24.3 Å². The van der Waals surface area contributed by atoms with E-state index in [1.807, 2.05) is 0 Å². The Morgan fingerprint density at radius 1 is 1.46 bits per heavy atom. The van der Waals surface area contributed by atoms with Gasteiger partial charge in [-0.15, -0.1) is 34.8 Å². The van der Waals surface area contributed by atoms with E-state index < -0.39 is 35.8 Å². The lowest BCUT2D eigenvalue weighted by Crippen LogP contribution is -2.71. The van der Waals surface area contributed by atoms with Crippen LogP contribution in [0.25, 0.3) is 0 Å². The number of oxime groups is 1. The number of nitrogens with zero attached hydrogens (tertiary/aromatic N) is 8. The van der Waals surface area contributed by atoms with Crippen LogP contribution in [0, 0.1) is 11.3 Å². The zero-order chi connectivity index (χ0) is 27.9. The molecule has 2 aromatic rings. The van der Waals surface area contributed by atoms with Crippen LogP contribution in [0.2, 0.25) is 0 Å². The fraction of sp³-hybridized carbons (Fsp3) is 0.300. The fourth-order valence-corrected chi connectivity index (χ4v) is 6.55. The smallest absolute Gasteiger partial charge is 0.352 e. The lowest BCUT2D eigenvalue weighted by atomic mass is 10.0. The molecule has 2 aliphatic heterocycles. The Balaban J connectivity index is 1.49. The maximum Gasteiger partial charge on any atom is 0.352 e. The van der Waals surface area contributed by atoms with Gasteiger partial charge in [-0.25, -0.2) is 14.5 Å². The lowest BCUT2D eigenvalue weighted by Gasteiger charge is -2.49. The van der Waals surface area contributed by atoms with Gasteiger partial charge in [-0.05, 0) is 16.0 Å². The minimum Gasteiger partial charge on any atom is -0.477 e. The molecule has 0 aromatic carbocycles. The number of anilines is 1. The predicted molar refractivity (Wildman–Crippen MR) is 138 cm³/mol. The Morgan fingerprint density at radius 2 is 2.28 bits per heavy atom. The molecule has 0 aliphatic carbocycles. The van der Waals surface area contributed by atoms with E-state index in [0.29, 0.717) is 23.7 Å². The van der Waals surface area contributed by atoms with Crippen molar-refractivity contribution in [2.24, 2.45) is 5.16 Å². The number of thiazole rings is 1. The van der Waals surface area contributed by atoms with Crippen molar-refractivity contribution in [1.29, 1.82) is 5.26 Å². The molecular formula is C20H18N10O6S3. The molecule has 39 heavy (non-hydrogen) atoms. The summed E-state index contributed by atoms with van der Waals surface area (Å²) in [5.74, 6) is -2.20. The normalized spacial score (nSPS) is 18.5. The van der Waals surface area contributed by atoms with Crippen LogP contribution in [0.4, 0.5) is 5.13 Å². The second-order valence-electron chi connectivity index (χ2n) is 7.51. The van der Waals surface area contributed by atoms with E-state index in [1.165, 1.54) is 33.6 Å². The topological polar surface area (TPSA) is 218 Å². The van der Waals surface area contributed by atoms with Crippen molar-refractivity contribution in [2.45, 2.75) is 23.1 Å². The number of thioether (sulfide) groups is 2. The third-order valence-electron chi connectivity index (χ3n) is 5.14. The highest BCUT2D eigenvalue weighted by Crippen LogP contribution is 2.41. The van der Waals surface area contributed by atoms with Gasteiger partial charge in [-0.3, -0.25) is 19.3 Å². The van der Waals surface area contributed by atoms with Crippen molar-refractivity contribution in [1.82, 2.24) is 35.4 Å². The molecule has 0 saturated carbocycles. The quantitative estimate of drug-likeness (QED) is 0.0518. The van der Waals surface area contributed by atoms with Crippen LogP contribution in [0.1, 0.15) is 5.69 Å². The zero-order valence-electron chi connectivity index (χ0n) is 19.7. The van der Waals surface area contributed by atoms with Crippen LogP contribution in [0.3, 0.4) is 0 Å². The molecule has 2 aromatic heterocycles. The van der Waals surface area contributed by atoms with E-state index in [-0.39, 0.29) is 33.7 Å². The summed E-state index contributed by atoms with van der Waals surface area (Å²) in [6.07, 6.45) is 2.04. The largest absolute Gasteiger partial charge is 0.477 e. The average molecular weight is 591 g/mol. The second kappa shape index (κ2) is 12.5. The molecule has 202 valence electrons. The number of amides is 3. The number of rotatable bonds is 13. The van der Waals surface area contributed by atoms with Crippen molar-refractivity contribution in [3.05, 3.63) is 35.0 Å². The summed E-state index contributed by atoms with van der Waals surface area (Å²) in [4.78, 5) is 59.0. The Labute approximate surface area is 232 Å². The molecule has 1 fully saturated rings. The van der Waals surface area contributed by atoms with Gasteiger partial charge >= 0.3 is 5.97 Å². The molecule has 1 saturated heterocycles. The van der Waals surface area contributed by atoms with E-state index in [4.69, 9.17) is 10.1 Å². The van der Waals surface area contributed by atoms with Gasteiger partial charge < -0.3 is 20.6 Å². The maximum atomic E-state index is 13.1. The molecule has 16 nitrogen and oxygen atoms in total. The first-order valence-corrected chi connectivity index (χ1v) is 13.7. The third kappa shape index (κ3) is 5.92. The molecule has 4 heterocycles. The lowest BCUT2D eigenvalue weighted by molar-refractivity contribution is -0.150. The Morgan fingerprint density at radius 3 is 3.00 bits per heavy atom. The third-order valence-corrected chi connectivity index (χ3v) is 8.30. The van der Waals surface area contributed by atoms with Crippen LogP contribution in [-0.2, 0) is 30.6 Å². The standard InChI is InChI=1S/C20H18N10O6S3/c1-2-4-29-20(25-27-28-29)39-7-10-6-37-17-13(16(33)30(17)14(10)18(34)35)24-15(32)12(26-36-5-3-21)11-8-38-19(23-11)22-9-31/h2,8-9,13,17H,1,4-7H2,(H,24,32)(H,34,35)(H,22,23,31)/t13?,17-/m0/s1. The van der Waals surface area contributed by atoms with Crippen molar-refractivity contribution < 1.29 is 29.1 Å². The first-order valence-electron chi connectivity index (χ1n) is 10.8. The van der Waals surface area contributed by atoms with Crippen molar-refractivity contribution >= 4 is 69.9 Å².